The molecule has 5 nitrogen and oxygen atoms in total. The first kappa shape index (κ1) is 14.7. The van der Waals surface area contributed by atoms with Crippen LogP contribution in [0.4, 0.5) is 0 Å². The Bertz CT molecular complexity index is 808. The number of fused-ring (bicyclic) bond motifs is 1. The van der Waals surface area contributed by atoms with Crippen molar-refractivity contribution in [2.75, 3.05) is 0 Å². The van der Waals surface area contributed by atoms with Crippen LogP contribution < -0.4 is 5.32 Å². The van der Waals surface area contributed by atoms with Gasteiger partial charge in [0.1, 0.15) is 0 Å². The van der Waals surface area contributed by atoms with Crippen LogP contribution in [0.25, 0.3) is 21.7 Å². The molecule has 1 unspecified atom stereocenters. The molecule has 0 fully saturated rings. The van der Waals surface area contributed by atoms with Gasteiger partial charge in [0.15, 0.2) is 0 Å². The second-order valence-electron chi connectivity index (χ2n) is 5.26. The summed E-state index contributed by atoms with van der Waals surface area (Å²) in [5.41, 5.74) is 2.37. The minimum atomic E-state index is -0.120. The Morgan fingerprint density at radius 3 is 3.00 bits per heavy atom. The van der Waals surface area contributed by atoms with Crippen LogP contribution in [-0.2, 0) is 0 Å². The first-order valence-electron chi connectivity index (χ1n) is 7.22. The zero-order chi connectivity index (χ0) is 15.7. The molecule has 1 amide bonds. The van der Waals surface area contributed by atoms with Gasteiger partial charge in [0.2, 0.25) is 0 Å². The lowest BCUT2D eigenvalue weighted by Gasteiger charge is -2.12. The molecule has 0 saturated heterocycles. The Morgan fingerprint density at radius 1 is 1.50 bits per heavy atom. The number of carbonyl (C=O) groups excluding carboxylic acids is 1. The van der Waals surface area contributed by atoms with Gasteiger partial charge in [0, 0.05) is 6.04 Å². The van der Waals surface area contributed by atoms with Gasteiger partial charge in [-0.25, -0.2) is 4.98 Å². The second-order valence-corrected chi connectivity index (χ2v) is 6.21. The molecule has 0 spiro atoms. The molecule has 0 radical (unpaired) electrons. The van der Waals surface area contributed by atoms with Crippen LogP contribution in [0, 0.1) is 6.92 Å². The van der Waals surface area contributed by atoms with Crippen molar-refractivity contribution in [3.05, 3.63) is 34.8 Å². The molecule has 1 N–H and O–H groups in total. The van der Waals surface area contributed by atoms with E-state index >= 15 is 0 Å². The fraction of sp³-hybridized carbons (Fsp3) is 0.312. The highest BCUT2D eigenvalue weighted by molar-refractivity contribution is 7.13. The number of aromatic nitrogens is 2. The standard InChI is InChI=1S/C16H17N3O2S/c1-4-9(2)17-15(20)11-8-12(13-6-5-7-22-13)18-16-14(11)10(3)19-21-16/h5-9H,4H2,1-3H3,(H,17,20). The maximum atomic E-state index is 12.6. The predicted molar refractivity (Wildman–Crippen MR) is 87.1 cm³/mol. The monoisotopic (exact) mass is 315 g/mol. The number of aryl methyl sites for hydroxylation is 1. The molecule has 114 valence electrons. The average Bonchev–Trinajstić information content (AvgIpc) is 3.16. The molecular formula is C16H17N3O2S. The molecule has 3 heterocycles. The van der Waals surface area contributed by atoms with E-state index in [-0.39, 0.29) is 11.9 Å². The van der Waals surface area contributed by atoms with E-state index in [0.717, 1.165) is 17.0 Å². The molecule has 0 saturated carbocycles. The first-order valence-corrected chi connectivity index (χ1v) is 8.10. The van der Waals surface area contributed by atoms with Gasteiger partial charge in [-0.2, -0.15) is 0 Å². The molecule has 3 aromatic heterocycles. The molecule has 0 bridgehead atoms. The average molecular weight is 315 g/mol. The smallest absolute Gasteiger partial charge is 0.259 e. The van der Waals surface area contributed by atoms with Gasteiger partial charge in [0.25, 0.3) is 11.6 Å². The van der Waals surface area contributed by atoms with E-state index < -0.39 is 0 Å². The highest BCUT2D eigenvalue weighted by Crippen LogP contribution is 2.29. The van der Waals surface area contributed by atoms with Crippen LogP contribution in [0.2, 0.25) is 0 Å². The van der Waals surface area contributed by atoms with Crippen molar-refractivity contribution in [3.63, 3.8) is 0 Å². The molecule has 3 aromatic rings. The van der Waals surface area contributed by atoms with E-state index in [1.54, 1.807) is 11.3 Å². The van der Waals surface area contributed by atoms with E-state index in [4.69, 9.17) is 4.52 Å². The predicted octanol–water partition coefficient (Wildman–Crippen LogP) is 3.79. The number of thiophene rings is 1. The summed E-state index contributed by atoms with van der Waals surface area (Å²) < 4.78 is 5.27. The number of hydrogen-bond acceptors (Lipinski definition) is 5. The fourth-order valence-electron chi connectivity index (χ4n) is 2.23. The van der Waals surface area contributed by atoms with Gasteiger partial charge < -0.3 is 9.84 Å². The number of carbonyl (C=O) groups is 1. The lowest BCUT2D eigenvalue weighted by molar-refractivity contribution is 0.0941. The molecule has 0 aliphatic carbocycles. The summed E-state index contributed by atoms with van der Waals surface area (Å²) in [7, 11) is 0. The highest BCUT2D eigenvalue weighted by Gasteiger charge is 2.20. The normalized spacial score (nSPS) is 12.5. The van der Waals surface area contributed by atoms with E-state index in [9.17, 15) is 4.79 Å². The van der Waals surface area contributed by atoms with E-state index in [1.807, 2.05) is 44.4 Å². The lowest BCUT2D eigenvalue weighted by atomic mass is 10.1. The molecule has 0 aliphatic rings. The SMILES string of the molecule is CCC(C)NC(=O)c1cc(-c2cccs2)nc2onc(C)c12. The van der Waals surface area contributed by atoms with Crippen molar-refractivity contribution in [1.29, 1.82) is 0 Å². The zero-order valence-electron chi connectivity index (χ0n) is 12.7. The summed E-state index contributed by atoms with van der Waals surface area (Å²) >= 11 is 1.57. The first-order chi connectivity index (χ1) is 10.6. The number of nitrogens with zero attached hydrogens (tertiary/aromatic N) is 2. The van der Waals surface area contributed by atoms with E-state index in [0.29, 0.717) is 22.4 Å². The number of amides is 1. The van der Waals surface area contributed by atoms with Gasteiger partial charge in [-0.1, -0.05) is 18.1 Å². The number of rotatable bonds is 4. The summed E-state index contributed by atoms with van der Waals surface area (Å²) in [6.07, 6.45) is 0.875. The number of hydrogen-bond donors (Lipinski definition) is 1. The molecule has 3 rings (SSSR count). The van der Waals surface area contributed by atoms with Crippen LogP contribution in [0.5, 0.6) is 0 Å². The van der Waals surface area contributed by atoms with Crippen LogP contribution in [0.15, 0.2) is 28.1 Å². The molecule has 22 heavy (non-hydrogen) atoms. The molecule has 0 aliphatic heterocycles. The largest absolute Gasteiger partial charge is 0.350 e. The fourth-order valence-corrected chi connectivity index (χ4v) is 2.91. The number of pyridine rings is 1. The summed E-state index contributed by atoms with van der Waals surface area (Å²) in [5, 5.41) is 9.60. The van der Waals surface area contributed by atoms with Gasteiger partial charge in [0.05, 0.1) is 27.2 Å². The quantitative estimate of drug-likeness (QED) is 0.795. The van der Waals surface area contributed by atoms with Crippen LogP contribution in [0.3, 0.4) is 0 Å². The van der Waals surface area contributed by atoms with Gasteiger partial charge in [-0.05, 0) is 37.8 Å². The van der Waals surface area contributed by atoms with Crippen molar-refractivity contribution in [3.8, 4) is 10.6 Å². The third-order valence-corrected chi connectivity index (χ3v) is 4.52. The van der Waals surface area contributed by atoms with Gasteiger partial charge >= 0.3 is 0 Å². The van der Waals surface area contributed by atoms with Crippen molar-refractivity contribution in [1.82, 2.24) is 15.5 Å². The third-order valence-electron chi connectivity index (χ3n) is 3.63. The Labute approximate surface area is 132 Å². The van der Waals surface area contributed by atoms with E-state index in [2.05, 4.69) is 15.5 Å². The van der Waals surface area contributed by atoms with Crippen molar-refractivity contribution < 1.29 is 9.32 Å². The summed E-state index contributed by atoms with van der Waals surface area (Å²) in [6, 6.07) is 5.85. The van der Waals surface area contributed by atoms with Crippen LogP contribution in [-0.4, -0.2) is 22.1 Å². The van der Waals surface area contributed by atoms with Gasteiger partial charge in [-0.3, -0.25) is 4.79 Å². The molecule has 1 atom stereocenters. The highest BCUT2D eigenvalue weighted by atomic mass is 32.1. The maximum Gasteiger partial charge on any atom is 0.259 e. The molecule has 6 heteroatoms. The third kappa shape index (κ3) is 2.62. The summed E-state index contributed by atoms with van der Waals surface area (Å²) in [6.45, 7) is 5.84. The van der Waals surface area contributed by atoms with E-state index in [1.165, 1.54) is 0 Å². The van der Waals surface area contributed by atoms with Crippen LogP contribution in [0.1, 0.15) is 36.3 Å². The Kier molecular flexibility index (Phi) is 3.94. The van der Waals surface area contributed by atoms with Gasteiger partial charge in [-0.15, -0.1) is 11.3 Å². The van der Waals surface area contributed by atoms with Crippen LogP contribution >= 0.6 is 11.3 Å². The minimum absolute atomic E-state index is 0.112. The Morgan fingerprint density at radius 2 is 2.32 bits per heavy atom. The Hall–Kier alpha value is -2.21. The second kappa shape index (κ2) is 5.88. The maximum absolute atomic E-state index is 12.6. The Balaban J connectivity index is 2.13. The minimum Gasteiger partial charge on any atom is -0.350 e. The zero-order valence-corrected chi connectivity index (χ0v) is 13.5. The summed E-state index contributed by atoms with van der Waals surface area (Å²) in [4.78, 5) is 18.1. The molecular weight excluding hydrogens is 298 g/mol. The van der Waals surface area contributed by atoms with Crippen molar-refractivity contribution >= 4 is 28.3 Å². The lowest BCUT2D eigenvalue weighted by Crippen LogP contribution is -2.32. The van der Waals surface area contributed by atoms with Crippen molar-refractivity contribution in [2.24, 2.45) is 0 Å². The number of nitrogens with one attached hydrogen (secondary N) is 1. The topological polar surface area (TPSA) is 68.0 Å². The van der Waals surface area contributed by atoms with Crippen molar-refractivity contribution in [2.45, 2.75) is 33.2 Å². The molecule has 0 aromatic carbocycles. The summed E-state index contributed by atoms with van der Waals surface area (Å²) in [5.74, 6) is -0.120.